The fourth-order valence-electron chi connectivity index (χ4n) is 1.62. The van der Waals surface area contributed by atoms with Crippen molar-refractivity contribution < 1.29 is 9.47 Å². The van der Waals surface area contributed by atoms with Crippen molar-refractivity contribution in [1.29, 1.82) is 0 Å². The van der Waals surface area contributed by atoms with Crippen LogP contribution in [0.3, 0.4) is 0 Å². The Morgan fingerprint density at radius 2 is 1.88 bits per heavy atom. The number of methoxy groups -OCH3 is 2. The number of ether oxygens (including phenoxy) is 2. The van der Waals surface area contributed by atoms with Crippen LogP contribution in [0, 0.1) is 3.57 Å². The van der Waals surface area contributed by atoms with E-state index in [-0.39, 0.29) is 0 Å². The summed E-state index contributed by atoms with van der Waals surface area (Å²) in [7, 11) is 7.57. The predicted molar refractivity (Wildman–Crippen MR) is 79.1 cm³/mol. The second kappa shape index (κ2) is 6.44. The molecule has 3 nitrogen and oxygen atoms in total. The summed E-state index contributed by atoms with van der Waals surface area (Å²) in [4.78, 5) is 2.20. The Bertz CT molecular complexity index is 380. The van der Waals surface area contributed by atoms with Gasteiger partial charge < -0.3 is 14.4 Å². The molecule has 0 radical (unpaired) electrons. The molecule has 0 aliphatic carbocycles. The molecule has 0 N–H and O–H groups in total. The monoisotopic (exact) mass is 349 g/mol. The average molecular weight is 349 g/mol. The quantitative estimate of drug-likeness (QED) is 0.763. The van der Waals surface area contributed by atoms with Crippen molar-refractivity contribution in [3.8, 4) is 11.5 Å². The molecule has 0 bridgehead atoms. The van der Waals surface area contributed by atoms with Gasteiger partial charge in [-0.05, 0) is 61.7 Å². The standard InChI is InChI=1S/C13H20INO2/c1-9(15(2)3)8-10-6-7-11(16-4)12(14)13(10)17-5/h6-7,9H,8H2,1-5H3. The zero-order valence-corrected chi connectivity index (χ0v) is 13.2. The van der Waals surface area contributed by atoms with E-state index in [0.717, 1.165) is 21.5 Å². The van der Waals surface area contributed by atoms with Gasteiger partial charge in [-0.3, -0.25) is 0 Å². The summed E-state index contributed by atoms with van der Waals surface area (Å²) in [5, 5.41) is 0. The van der Waals surface area contributed by atoms with Crippen molar-refractivity contribution in [3.63, 3.8) is 0 Å². The van der Waals surface area contributed by atoms with Gasteiger partial charge in [0.1, 0.15) is 11.5 Å². The molecule has 4 heteroatoms. The average Bonchev–Trinajstić information content (AvgIpc) is 2.29. The summed E-state index contributed by atoms with van der Waals surface area (Å²) < 4.78 is 11.8. The minimum Gasteiger partial charge on any atom is -0.496 e. The zero-order chi connectivity index (χ0) is 13.0. The van der Waals surface area contributed by atoms with Gasteiger partial charge in [-0.15, -0.1) is 0 Å². The first-order valence-corrected chi connectivity index (χ1v) is 6.64. The maximum atomic E-state index is 5.49. The number of rotatable bonds is 5. The lowest BCUT2D eigenvalue weighted by Crippen LogP contribution is -2.26. The van der Waals surface area contributed by atoms with Crippen molar-refractivity contribution in [2.75, 3.05) is 28.3 Å². The Labute approximate surface area is 117 Å². The van der Waals surface area contributed by atoms with Crippen molar-refractivity contribution in [2.45, 2.75) is 19.4 Å². The van der Waals surface area contributed by atoms with E-state index in [1.165, 1.54) is 5.56 Å². The minimum atomic E-state index is 0.480. The van der Waals surface area contributed by atoms with Gasteiger partial charge in [-0.1, -0.05) is 6.07 Å². The first kappa shape index (κ1) is 14.6. The SMILES string of the molecule is COc1ccc(CC(C)N(C)C)c(OC)c1I. The molecule has 0 saturated carbocycles. The molecule has 1 unspecified atom stereocenters. The molecule has 0 aliphatic rings. The summed E-state index contributed by atoms with van der Waals surface area (Å²) in [6.07, 6.45) is 0.968. The summed E-state index contributed by atoms with van der Waals surface area (Å²) in [5.74, 6) is 1.79. The smallest absolute Gasteiger partial charge is 0.139 e. The normalized spacial score (nSPS) is 12.6. The molecule has 1 atom stereocenters. The number of hydrogen-bond acceptors (Lipinski definition) is 3. The Morgan fingerprint density at radius 3 is 2.35 bits per heavy atom. The van der Waals surface area contributed by atoms with Crippen molar-refractivity contribution >= 4 is 22.6 Å². The molecule has 1 aromatic rings. The molecule has 0 amide bonds. The van der Waals surface area contributed by atoms with Crippen LogP contribution in [0.4, 0.5) is 0 Å². The predicted octanol–water partition coefficient (Wildman–Crippen LogP) is 2.80. The zero-order valence-electron chi connectivity index (χ0n) is 11.1. The second-order valence-corrected chi connectivity index (χ2v) is 5.37. The van der Waals surface area contributed by atoms with Crippen LogP contribution in [0.25, 0.3) is 0 Å². The lowest BCUT2D eigenvalue weighted by molar-refractivity contribution is 0.307. The van der Waals surface area contributed by atoms with Crippen LogP contribution in [0.2, 0.25) is 0 Å². The van der Waals surface area contributed by atoms with Crippen LogP contribution in [0.15, 0.2) is 12.1 Å². The highest BCUT2D eigenvalue weighted by molar-refractivity contribution is 14.1. The van der Waals surface area contributed by atoms with Gasteiger partial charge in [0.05, 0.1) is 17.8 Å². The minimum absolute atomic E-state index is 0.480. The van der Waals surface area contributed by atoms with E-state index in [4.69, 9.17) is 9.47 Å². The molecule has 0 fully saturated rings. The fraction of sp³-hybridized carbons (Fsp3) is 0.538. The molecule has 1 rings (SSSR count). The van der Waals surface area contributed by atoms with Crippen LogP contribution in [0.5, 0.6) is 11.5 Å². The lowest BCUT2D eigenvalue weighted by atomic mass is 10.1. The molecular weight excluding hydrogens is 329 g/mol. The molecule has 0 heterocycles. The van der Waals surface area contributed by atoms with E-state index >= 15 is 0 Å². The summed E-state index contributed by atoms with van der Waals surface area (Å²) in [6.45, 7) is 2.20. The number of likely N-dealkylation sites (N-methyl/N-ethyl adjacent to an activating group) is 1. The Balaban J connectivity index is 3.04. The van der Waals surface area contributed by atoms with E-state index < -0.39 is 0 Å². The van der Waals surface area contributed by atoms with E-state index in [2.05, 4.69) is 54.6 Å². The van der Waals surface area contributed by atoms with Crippen LogP contribution < -0.4 is 9.47 Å². The molecule has 1 aromatic carbocycles. The molecule has 0 spiro atoms. The topological polar surface area (TPSA) is 21.7 Å². The fourth-order valence-corrected chi connectivity index (χ4v) is 2.58. The molecule has 96 valence electrons. The van der Waals surface area contributed by atoms with E-state index in [1.807, 2.05) is 6.07 Å². The molecule has 0 aliphatic heterocycles. The van der Waals surface area contributed by atoms with Crippen LogP contribution in [-0.2, 0) is 6.42 Å². The maximum Gasteiger partial charge on any atom is 0.139 e. The van der Waals surface area contributed by atoms with Gasteiger partial charge in [0, 0.05) is 6.04 Å². The van der Waals surface area contributed by atoms with Crippen LogP contribution >= 0.6 is 22.6 Å². The van der Waals surface area contributed by atoms with Crippen molar-refractivity contribution in [3.05, 3.63) is 21.3 Å². The maximum absolute atomic E-state index is 5.49. The van der Waals surface area contributed by atoms with E-state index in [9.17, 15) is 0 Å². The largest absolute Gasteiger partial charge is 0.496 e. The first-order valence-electron chi connectivity index (χ1n) is 5.57. The van der Waals surface area contributed by atoms with E-state index in [1.54, 1.807) is 14.2 Å². The number of halogens is 1. The van der Waals surface area contributed by atoms with Crippen molar-refractivity contribution in [2.24, 2.45) is 0 Å². The molecular formula is C13H20INO2. The highest BCUT2D eigenvalue weighted by Gasteiger charge is 2.15. The highest BCUT2D eigenvalue weighted by Crippen LogP contribution is 2.34. The second-order valence-electron chi connectivity index (χ2n) is 4.29. The Morgan fingerprint density at radius 1 is 1.24 bits per heavy atom. The third-order valence-electron chi connectivity index (χ3n) is 2.96. The van der Waals surface area contributed by atoms with Gasteiger partial charge in [0.15, 0.2) is 0 Å². The van der Waals surface area contributed by atoms with Crippen LogP contribution in [0.1, 0.15) is 12.5 Å². The van der Waals surface area contributed by atoms with Gasteiger partial charge in [0.2, 0.25) is 0 Å². The lowest BCUT2D eigenvalue weighted by Gasteiger charge is -2.21. The van der Waals surface area contributed by atoms with Gasteiger partial charge >= 0.3 is 0 Å². The Hall–Kier alpha value is -0.490. The molecule has 0 aromatic heterocycles. The van der Waals surface area contributed by atoms with Crippen LogP contribution in [-0.4, -0.2) is 39.3 Å². The Kier molecular flexibility index (Phi) is 5.52. The number of nitrogens with zero attached hydrogens (tertiary/aromatic N) is 1. The van der Waals surface area contributed by atoms with Gasteiger partial charge in [-0.2, -0.15) is 0 Å². The highest BCUT2D eigenvalue weighted by atomic mass is 127. The van der Waals surface area contributed by atoms with Crippen molar-refractivity contribution in [1.82, 2.24) is 4.90 Å². The molecule has 17 heavy (non-hydrogen) atoms. The van der Waals surface area contributed by atoms with Gasteiger partial charge in [0.25, 0.3) is 0 Å². The van der Waals surface area contributed by atoms with E-state index in [0.29, 0.717) is 6.04 Å². The number of benzene rings is 1. The summed E-state index contributed by atoms with van der Waals surface area (Å²) in [5.41, 5.74) is 1.22. The third-order valence-corrected chi connectivity index (χ3v) is 3.99. The summed E-state index contributed by atoms with van der Waals surface area (Å²) in [6, 6.07) is 4.56. The first-order chi connectivity index (χ1) is 8.01. The number of hydrogen-bond donors (Lipinski definition) is 0. The third kappa shape index (κ3) is 3.48. The summed E-state index contributed by atoms with van der Waals surface area (Å²) >= 11 is 2.27. The molecule has 0 saturated heterocycles. The van der Waals surface area contributed by atoms with Gasteiger partial charge in [-0.25, -0.2) is 0 Å².